The van der Waals surface area contributed by atoms with E-state index < -0.39 is 23.8 Å². The second kappa shape index (κ2) is 7.15. The molecule has 0 aromatic heterocycles. The van der Waals surface area contributed by atoms with Crippen molar-refractivity contribution in [1.82, 2.24) is 10.6 Å². The van der Waals surface area contributed by atoms with Crippen molar-refractivity contribution < 1.29 is 19.1 Å². The van der Waals surface area contributed by atoms with Crippen LogP contribution in [0.2, 0.25) is 0 Å². The number of hydrogen-bond acceptors (Lipinski definition) is 4. The van der Waals surface area contributed by atoms with Crippen LogP contribution < -0.4 is 10.6 Å². The molecule has 19 heavy (non-hydrogen) atoms. The van der Waals surface area contributed by atoms with Crippen molar-refractivity contribution >= 4 is 17.8 Å². The van der Waals surface area contributed by atoms with Crippen molar-refractivity contribution in [2.24, 2.45) is 0 Å². The van der Waals surface area contributed by atoms with Gasteiger partial charge in [-0.1, -0.05) is 30.3 Å². The van der Waals surface area contributed by atoms with Crippen LogP contribution in [0.5, 0.6) is 0 Å². The van der Waals surface area contributed by atoms with Gasteiger partial charge in [0.25, 0.3) is 5.91 Å². The van der Waals surface area contributed by atoms with E-state index in [0.717, 1.165) is 12.7 Å². The molecule has 2 amide bonds. The first-order valence-corrected chi connectivity index (χ1v) is 5.71. The zero-order valence-electron chi connectivity index (χ0n) is 10.8. The monoisotopic (exact) mass is 264 g/mol. The normalized spacial score (nSPS) is 11.3. The SMILES string of the molecule is COC(=O)[C@@H](NC(C)=O)C(=O)NCc1ccccc1. The molecule has 6 heteroatoms. The van der Waals surface area contributed by atoms with Gasteiger partial charge in [-0.2, -0.15) is 0 Å². The van der Waals surface area contributed by atoms with E-state index in [0.29, 0.717) is 0 Å². The lowest BCUT2D eigenvalue weighted by atomic mass is 10.2. The predicted octanol–water partition coefficient (Wildman–Crippen LogP) is -0.0195. The van der Waals surface area contributed by atoms with E-state index in [2.05, 4.69) is 15.4 Å². The van der Waals surface area contributed by atoms with Crippen LogP contribution in [-0.4, -0.2) is 30.9 Å². The highest BCUT2D eigenvalue weighted by atomic mass is 16.5. The predicted molar refractivity (Wildman–Crippen MR) is 67.9 cm³/mol. The first-order chi connectivity index (χ1) is 9.04. The van der Waals surface area contributed by atoms with Crippen LogP contribution in [0.15, 0.2) is 30.3 Å². The molecule has 1 aromatic rings. The van der Waals surface area contributed by atoms with Crippen molar-refractivity contribution in [2.75, 3.05) is 7.11 Å². The Balaban J connectivity index is 2.62. The van der Waals surface area contributed by atoms with Gasteiger partial charge in [0.05, 0.1) is 7.11 Å². The highest BCUT2D eigenvalue weighted by Crippen LogP contribution is 1.98. The second-order valence-electron chi connectivity index (χ2n) is 3.86. The molecule has 2 N–H and O–H groups in total. The first kappa shape index (κ1) is 14.7. The van der Waals surface area contributed by atoms with Gasteiger partial charge in [0.1, 0.15) is 0 Å². The Hall–Kier alpha value is -2.37. The van der Waals surface area contributed by atoms with Crippen LogP contribution in [0.3, 0.4) is 0 Å². The molecule has 0 aliphatic rings. The van der Waals surface area contributed by atoms with E-state index in [1.165, 1.54) is 6.92 Å². The van der Waals surface area contributed by atoms with E-state index in [9.17, 15) is 14.4 Å². The summed E-state index contributed by atoms with van der Waals surface area (Å²) in [4.78, 5) is 34.2. The number of hydrogen-bond donors (Lipinski definition) is 2. The lowest BCUT2D eigenvalue weighted by molar-refractivity contribution is -0.149. The molecule has 6 nitrogen and oxygen atoms in total. The number of methoxy groups -OCH3 is 1. The van der Waals surface area contributed by atoms with E-state index in [4.69, 9.17) is 0 Å². The topological polar surface area (TPSA) is 84.5 Å². The van der Waals surface area contributed by atoms with Crippen molar-refractivity contribution in [1.29, 1.82) is 0 Å². The number of carbonyl (C=O) groups is 3. The van der Waals surface area contributed by atoms with Gasteiger partial charge in [0.2, 0.25) is 11.9 Å². The van der Waals surface area contributed by atoms with E-state index in [1.807, 2.05) is 30.3 Å². The van der Waals surface area contributed by atoms with Gasteiger partial charge in [-0.25, -0.2) is 4.79 Å². The van der Waals surface area contributed by atoms with Gasteiger partial charge in [-0.15, -0.1) is 0 Å². The smallest absolute Gasteiger partial charge is 0.338 e. The van der Waals surface area contributed by atoms with Crippen molar-refractivity contribution in [2.45, 2.75) is 19.5 Å². The van der Waals surface area contributed by atoms with Gasteiger partial charge in [-0.05, 0) is 5.56 Å². The number of benzene rings is 1. The van der Waals surface area contributed by atoms with Crippen LogP contribution in [0, 0.1) is 0 Å². The zero-order valence-corrected chi connectivity index (χ0v) is 10.8. The third-order valence-electron chi connectivity index (χ3n) is 2.36. The molecule has 0 spiro atoms. The first-order valence-electron chi connectivity index (χ1n) is 5.71. The largest absolute Gasteiger partial charge is 0.467 e. The molecule has 1 rings (SSSR count). The summed E-state index contributed by atoms with van der Waals surface area (Å²) in [6.07, 6.45) is 0. The molecular weight excluding hydrogens is 248 g/mol. The summed E-state index contributed by atoms with van der Waals surface area (Å²) in [6.45, 7) is 1.49. The molecule has 1 atom stereocenters. The van der Waals surface area contributed by atoms with Crippen molar-refractivity contribution in [3.63, 3.8) is 0 Å². The second-order valence-corrected chi connectivity index (χ2v) is 3.86. The summed E-state index contributed by atoms with van der Waals surface area (Å²) >= 11 is 0. The van der Waals surface area contributed by atoms with Gasteiger partial charge < -0.3 is 15.4 Å². The molecule has 0 bridgehead atoms. The van der Waals surface area contributed by atoms with Gasteiger partial charge >= 0.3 is 5.97 Å². The third kappa shape index (κ3) is 4.79. The summed E-state index contributed by atoms with van der Waals surface area (Å²) < 4.78 is 4.47. The summed E-state index contributed by atoms with van der Waals surface area (Å²) in [7, 11) is 1.15. The number of ether oxygens (including phenoxy) is 1. The zero-order chi connectivity index (χ0) is 14.3. The number of carbonyl (C=O) groups excluding carboxylic acids is 3. The molecule has 0 fully saturated rings. The molecule has 0 saturated carbocycles. The quantitative estimate of drug-likeness (QED) is 0.578. The Morgan fingerprint density at radius 1 is 1.21 bits per heavy atom. The van der Waals surface area contributed by atoms with Gasteiger partial charge in [0.15, 0.2) is 0 Å². The highest BCUT2D eigenvalue weighted by molar-refractivity contribution is 6.04. The average Bonchev–Trinajstić information content (AvgIpc) is 2.42. The maximum absolute atomic E-state index is 11.8. The molecule has 102 valence electrons. The number of nitrogens with one attached hydrogen (secondary N) is 2. The molecule has 1 aromatic carbocycles. The van der Waals surface area contributed by atoms with Crippen LogP contribution in [-0.2, 0) is 25.7 Å². The van der Waals surface area contributed by atoms with Crippen molar-refractivity contribution in [3.05, 3.63) is 35.9 Å². The van der Waals surface area contributed by atoms with Crippen LogP contribution in [0.25, 0.3) is 0 Å². The minimum atomic E-state index is -1.33. The van der Waals surface area contributed by atoms with Crippen LogP contribution in [0.4, 0.5) is 0 Å². The fourth-order valence-electron chi connectivity index (χ4n) is 1.44. The Bertz CT molecular complexity index is 459. The summed E-state index contributed by atoms with van der Waals surface area (Å²) in [5.41, 5.74) is 0.891. The number of rotatable bonds is 5. The number of esters is 1. The molecule has 0 aliphatic heterocycles. The third-order valence-corrected chi connectivity index (χ3v) is 2.36. The Kier molecular flexibility index (Phi) is 5.53. The lowest BCUT2D eigenvalue weighted by Crippen LogP contribution is -2.51. The maximum Gasteiger partial charge on any atom is 0.338 e. The van der Waals surface area contributed by atoms with Crippen molar-refractivity contribution in [3.8, 4) is 0 Å². The fraction of sp³-hybridized carbons (Fsp3) is 0.308. The standard InChI is InChI=1S/C13H16N2O4/c1-9(16)15-11(13(18)19-2)12(17)14-8-10-6-4-3-5-7-10/h3-7,11H,8H2,1-2H3,(H,14,17)(H,15,16)/t11-/m0/s1. The van der Waals surface area contributed by atoms with E-state index in [1.54, 1.807) is 0 Å². The summed E-state index contributed by atoms with van der Waals surface area (Å²) in [5, 5.41) is 4.81. The maximum atomic E-state index is 11.8. The highest BCUT2D eigenvalue weighted by Gasteiger charge is 2.27. The summed E-state index contributed by atoms with van der Waals surface area (Å²) in [5.74, 6) is -1.89. The van der Waals surface area contributed by atoms with Crippen LogP contribution in [0.1, 0.15) is 12.5 Å². The average molecular weight is 264 g/mol. The molecule has 0 saturated heterocycles. The Morgan fingerprint density at radius 2 is 1.84 bits per heavy atom. The lowest BCUT2D eigenvalue weighted by Gasteiger charge is -2.15. The minimum absolute atomic E-state index is 0.271. The molecular formula is C13H16N2O4. The van der Waals surface area contributed by atoms with E-state index in [-0.39, 0.29) is 6.54 Å². The van der Waals surface area contributed by atoms with Gasteiger partial charge in [0, 0.05) is 13.5 Å². The Labute approximate surface area is 111 Å². The van der Waals surface area contributed by atoms with Crippen LogP contribution >= 0.6 is 0 Å². The van der Waals surface area contributed by atoms with Gasteiger partial charge in [-0.3, -0.25) is 9.59 Å². The molecule has 0 radical (unpaired) electrons. The molecule has 0 unspecified atom stereocenters. The number of amides is 2. The minimum Gasteiger partial charge on any atom is -0.467 e. The molecule has 0 heterocycles. The summed E-state index contributed by atoms with van der Waals surface area (Å²) in [6, 6.07) is 7.89. The Morgan fingerprint density at radius 3 is 2.37 bits per heavy atom. The van der Waals surface area contributed by atoms with E-state index >= 15 is 0 Å². The fourth-order valence-corrected chi connectivity index (χ4v) is 1.44. The molecule has 0 aliphatic carbocycles.